The van der Waals surface area contributed by atoms with Gasteiger partial charge in [-0.25, -0.2) is 0 Å². The van der Waals surface area contributed by atoms with Gasteiger partial charge < -0.3 is 10.6 Å². The van der Waals surface area contributed by atoms with Crippen LogP contribution in [0.2, 0.25) is 0 Å². The minimum Gasteiger partial charge on any atom is -0.348 e. The first kappa shape index (κ1) is 18.6. The fraction of sp³-hybridized carbons (Fsp3) is 0.400. The van der Waals surface area contributed by atoms with E-state index in [0.717, 1.165) is 18.7 Å². The number of hydrogen-bond donors (Lipinski definition) is 2. The Hall–Kier alpha value is -2.18. The van der Waals surface area contributed by atoms with Crippen molar-refractivity contribution in [2.45, 2.75) is 25.3 Å². The first-order valence-corrected chi connectivity index (χ1v) is 10.0. The Bertz CT molecular complexity index is 697. The summed E-state index contributed by atoms with van der Waals surface area (Å²) in [5.41, 5.74) is 2.35. The summed E-state index contributed by atoms with van der Waals surface area (Å²) < 4.78 is 0. The maximum Gasteiger partial charge on any atom is 0.309 e. The highest BCUT2D eigenvalue weighted by Crippen LogP contribution is 2.26. The summed E-state index contributed by atoms with van der Waals surface area (Å²) in [5, 5.41) is 9.68. The number of nitrogens with zero attached hydrogens (tertiary/aromatic N) is 1. The number of nitrogens with one attached hydrogen (secondary N) is 2. The first-order chi connectivity index (χ1) is 12.7. The Balaban J connectivity index is 1.46. The summed E-state index contributed by atoms with van der Waals surface area (Å²) in [4.78, 5) is 26.5. The van der Waals surface area contributed by atoms with E-state index < -0.39 is 11.8 Å². The van der Waals surface area contributed by atoms with Gasteiger partial charge in [0.25, 0.3) is 0 Å². The van der Waals surface area contributed by atoms with E-state index in [2.05, 4.69) is 32.4 Å². The molecule has 3 rings (SSSR count). The van der Waals surface area contributed by atoms with Crippen LogP contribution >= 0.6 is 11.3 Å². The van der Waals surface area contributed by atoms with Crippen molar-refractivity contribution < 1.29 is 9.59 Å². The molecule has 138 valence electrons. The molecule has 26 heavy (non-hydrogen) atoms. The minimum absolute atomic E-state index is 0.143. The Morgan fingerprint density at radius 2 is 1.77 bits per heavy atom. The Labute approximate surface area is 158 Å². The second-order valence-electron chi connectivity index (χ2n) is 6.52. The summed E-state index contributed by atoms with van der Waals surface area (Å²) in [6.07, 6.45) is 3.09. The highest BCUT2D eigenvalue weighted by atomic mass is 32.1. The van der Waals surface area contributed by atoms with Gasteiger partial charge in [-0.05, 0) is 60.3 Å². The van der Waals surface area contributed by atoms with Gasteiger partial charge in [0.2, 0.25) is 0 Å². The highest BCUT2D eigenvalue weighted by molar-refractivity contribution is 7.07. The molecule has 1 aliphatic rings. The van der Waals surface area contributed by atoms with Crippen molar-refractivity contribution >= 4 is 23.2 Å². The van der Waals surface area contributed by atoms with Crippen LogP contribution in [0.5, 0.6) is 0 Å². The number of amides is 2. The van der Waals surface area contributed by atoms with Crippen molar-refractivity contribution in [1.82, 2.24) is 15.5 Å². The standard InChI is InChI=1S/C20H25N3O2S/c24-19(21-10-8-16-6-2-1-3-7-16)20(25)22-14-18(17-9-13-26-15-17)23-11-4-5-12-23/h1-3,6-7,9,13,15,18H,4-5,8,10-12,14H2,(H,21,24)(H,22,25)/t18-/m0/s1. The summed E-state index contributed by atoms with van der Waals surface area (Å²) >= 11 is 1.66. The summed E-state index contributed by atoms with van der Waals surface area (Å²) in [6, 6.07) is 12.1. The van der Waals surface area contributed by atoms with Crippen LogP contribution in [0.15, 0.2) is 47.2 Å². The summed E-state index contributed by atoms with van der Waals surface area (Å²) in [5.74, 6) is -1.12. The van der Waals surface area contributed by atoms with Gasteiger partial charge in [0, 0.05) is 13.1 Å². The molecule has 0 radical (unpaired) electrons. The average molecular weight is 372 g/mol. The van der Waals surface area contributed by atoms with Gasteiger partial charge in [-0.2, -0.15) is 11.3 Å². The van der Waals surface area contributed by atoms with Crippen LogP contribution in [0.25, 0.3) is 0 Å². The molecule has 1 aromatic carbocycles. The third-order valence-corrected chi connectivity index (χ3v) is 5.42. The molecule has 1 aromatic heterocycles. The molecule has 6 heteroatoms. The molecule has 0 aliphatic carbocycles. The number of likely N-dealkylation sites (tertiary alicyclic amines) is 1. The lowest BCUT2D eigenvalue weighted by Crippen LogP contribution is -2.44. The van der Waals surface area contributed by atoms with Gasteiger partial charge in [0.15, 0.2) is 0 Å². The average Bonchev–Trinajstić information content (AvgIpc) is 3.37. The molecule has 2 heterocycles. The highest BCUT2D eigenvalue weighted by Gasteiger charge is 2.25. The van der Waals surface area contributed by atoms with Gasteiger partial charge in [-0.1, -0.05) is 30.3 Å². The molecule has 2 amide bonds. The van der Waals surface area contributed by atoms with Crippen LogP contribution < -0.4 is 10.6 Å². The Kier molecular flexibility index (Phi) is 6.80. The molecule has 1 fully saturated rings. The van der Waals surface area contributed by atoms with Gasteiger partial charge in [0.05, 0.1) is 6.04 Å². The normalized spacial score (nSPS) is 15.5. The predicted octanol–water partition coefficient (Wildman–Crippen LogP) is 2.36. The molecule has 1 aliphatic heterocycles. The lowest BCUT2D eigenvalue weighted by molar-refractivity contribution is -0.139. The molecular weight excluding hydrogens is 346 g/mol. The zero-order chi connectivity index (χ0) is 18.2. The lowest BCUT2D eigenvalue weighted by Gasteiger charge is -2.27. The van der Waals surface area contributed by atoms with Crippen LogP contribution in [0.4, 0.5) is 0 Å². The molecule has 0 spiro atoms. The fourth-order valence-electron chi connectivity index (χ4n) is 3.29. The van der Waals surface area contributed by atoms with E-state index in [1.165, 1.54) is 18.4 Å². The van der Waals surface area contributed by atoms with Gasteiger partial charge >= 0.3 is 11.8 Å². The quantitative estimate of drug-likeness (QED) is 0.735. The SMILES string of the molecule is O=C(NCCc1ccccc1)C(=O)NC[C@@H](c1ccsc1)N1CCCC1. The molecule has 1 atom stereocenters. The van der Waals surface area contributed by atoms with E-state index in [0.29, 0.717) is 19.5 Å². The van der Waals surface area contributed by atoms with Crippen molar-refractivity contribution in [2.75, 3.05) is 26.2 Å². The molecular formula is C20H25N3O2S. The van der Waals surface area contributed by atoms with Crippen LogP contribution in [0.3, 0.4) is 0 Å². The number of rotatable bonds is 7. The Morgan fingerprint density at radius 1 is 1.04 bits per heavy atom. The fourth-order valence-corrected chi connectivity index (χ4v) is 4.00. The predicted molar refractivity (Wildman–Crippen MR) is 104 cm³/mol. The topological polar surface area (TPSA) is 61.4 Å². The first-order valence-electron chi connectivity index (χ1n) is 9.10. The van der Waals surface area contributed by atoms with E-state index in [4.69, 9.17) is 0 Å². The van der Waals surface area contributed by atoms with Gasteiger partial charge in [-0.3, -0.25) is 14.5 Å². The van der Waals surface area contributed by atoms with E-state index in [1.54, 1.807) is 11.3 Å². The van der Waals surface area contributed by atoms with Crippen molar-refractivity contribution in [3.63, 3.8) is 0 Å². The second kappa shape index (κ2) is 9.50. The lowest BCUT2D eigenvalue weighted by atomic mass is 10.1. The largest absolute Gasteiger partial charge is 0.348 e. The maximum absolute atomic E-state index is 12.1. The van der Waals surface area contributed by atoms with Crippen molar-refractivity contribution in [1.29, 1.82) is 0 Å². The number of thiophene rings is 1. The smallest absolute Gasteiger partial charge is 0.309 e. The monoisotopic (exact) mass is 371 g/mol. The van der Waals surface area contributed by atoms with E-state index in [9.17, 15) is 9.59 Å². The molecule has 5 nitrogen and oxygen atoms in total. The molecule has 0 bridgehead atoms. The van der Waals surface area contributed by atoms with Crippen molar-refractivity contribution in [3.05, 3.63) is 58.3 Å². The zero-order valence-electron chi connectivity index (χ0n) is 14.8. The zero-order valence-corrected chi connectivity index (χ0v) is 15.6. The van der Waals surface area contributed by atoms with Gasteiger partial charge in [0.1, 0.15) is 0 Å². The van der Waals surface area contributed by atoms with Crippen LogP contribution in [-0.2, 0) is 16.0 Å². The minimum atomic E-state index is -0.563. The molecule has 1 saturated heterocycles. The number of carbonyl (C=O) groups excluding carboxylic acids is 2. The van der Waals surface area contributed by atoms with Crippen LogP contribution in [0.1, 0.15) is 30.0 Å². The molecule has 0 unspecified atom stereocenters. The van der Waals surface area contributed by atoms with Crippen molar-refractivity contribution in [2.24, 2.45) is 0 Å². The maximum atomic E-state index is 12.1. The van der Waals surface area contributed by atoms with Crippen LogP contribution in [0, 0.1) is 0 Å². The Morgan fingerprint density at radius 3 is 2.46 bits per heavy atom. The second-order valence-corrected chi connectivity index (χ2v) is 7.30. The molecule has 2 N–H and O–H groups in total. The number of benzene rings is 1. The van der Waals surface area contributed by atoms with Gasteiger partial charge in [-0.15, -0.1) is 0 Å². The molecule has 2 aromatic rings. The number of carbonyl (C=O) groups is 2. The van der Waals surface area contributed by atoms with Crippen molar-refractivity contribution in [3.8, 4) is 0 Å². The van der Waals surface area contributed by atoms with Crippen LogP contribution in [-0.4, -0.2) is 42.9 Å². The van der Waals surface area contributed by atoms with E-state index in [-0.39, 0.29) is 6.04 Å². The molecule has 0 saturated carbocycles. The third-order valence-electron chi connectivity index (χ3n) is 4.71. The summed E-state index contributed by atoms with van der Waals surface area (Å²) in [7, 11) is 0. The summed E-state index contributed by atoms with van der Waals surface area (Å²) in [6.45, 7) is 3.00. The number of hydrogen-bond acceptors (Lipinski definition) is 4. The van der Waals surface area contributed by atoms with E-state index in [1.807, 2.05) is 30.3 Å². The van der Waals surface area contributed by atoms with E-state index >= 15 is 0 Å². The third kappa shape index (κ3) is 5.16.